The highest BCUT2D eigenvalue weighted by Gasteiger charge is 2.21. The first-order chi connectivity index (χ1) is 20.1. The highest BCUT2D eigenvalue weighted by Crippen LogP contribution is 2.47. The molecule has 3 aromatic heterocycles. The molecule has 0 fully saturated rings. The second-order valence-corrected chi connectivity index (χ2v) is 16.0. The third-order valence-corrected chi connectivity index (χ3v) is 12.2. The van der Waals surface area contributed by atoms with Gasteiger partial charge in [-0.25, -0.2) is 0 Å². The summed E-state index contributed by atoms with van der Waals surface area (Å²) in [5, 5.41) is 0. The fourth-order valence-corrected chi connectivity index (χ4v) is 9.53. The van der Waals surface area contributed by atoms with Crippen molar-refractivity contribution < 1.29 is 0 Å². The Morgan fingerprint density at radius 1 is 0.390 bits per heavy atom. The molecule has 0 spiro atoms. The van der Waals surface area contributed by atoms with Crippen molar-refractivity contribution in [2.75, 3.05) is 0 Å². The Kier molecular flexibility index (Phi) is 17.6. The van der Waals surface area contributed by atoms with E-state index in [1.807, 2.05) is 22.7 Å². The Morgan fingerprint density at radius 2 is 0.707 bits per heavy atom. The Morgan fingerprint density at radius 3 is 1.00 bits per heavy atom. The van der Waals surface area contributed by atoms with Crippen molar-refractivity contribution in [3.05, 3.63) is 45.1 Å². The van der Waals surface area contributed by atoms with E-state index in [-0.39, 0.29) is 0 Å². The molecule has 0 bridgehead atoms. The minimum Gasteiger partial charge on any atom is -0.140 e. The smallest absolute Gasteiger partial charge is 0.0484 e. The molecule has 0 N–H and O–H groups in total. The summed E-state index contributed by atoms with van der Waals surface area (Å²) < 4.78 is 0. The molecule has 3 heterocycles. The van der Waals surface area contributed by atoms with Gasteiger partial charge in [-0.15, -0.1) is 34.0 Å². The van der Waals surface area contributed by atoms with Gasteiger partial charge in [0.25, 0.3) is 0 Å². The fourth-order valence-electron chi connectivity index (χ4n) is 6.12. The van der Waals surface area contributed by atoms with Gasteiger partial charge in [0.1, 0.15) is 0 Å². The van der Waals surface area contributed by atoms with E-state index in [1.54, 1.807) is 20.9 Å². The Bertz CT molecular complexity index is 983. The van der Waals surface area contributed by atoms with Gasteiger partial charge in [0, 0.05) is 29.3 Å². The normalized spacial score (nSPS) is 11.6. The van der Waals surface area contributed by atoms with Crippen LogP contribution >= 0.6 is 34.0 Å². The lowest BCUT2D eigenvalue weighted by atomic mass is 9.95. The molecule has 0 aromatic carbocycles. The monoisotopic (exact) mass is 612 g/mol. The maximum atomic E-state index is 2.39. The maximum Gasteiger partial charge on any atom is 0.0484 e. The first-order valence-electron chi connectivity index (χ1n) is 17.4. The van der Waals surface area contributed by atoms with Crippen molar-refractivity contribution in [2.24, 2.45) is 0 Å². The van der Waals surface area contributed by atoms with E-state index in [9.17, 15) is 0 Å². The number of hydrogen-bond donors (Lipinski definition) is 0. The molecule has 0 atom stereocenters. The van der Waals surface area contributed by atoms with Gasteiger partial charge in [0.2, 0.25) is 0 Å². The summed E-state index contributed by atoms with van der Waals surface area (Å²) in [6, 6.07) is 9.42. The number of aryl methyl sites for hydroxylation is 2. The van der Waals surface area contributed by atoms with Crippen molar-refractivity contribution in [2.45, 2.75) is 169 Å². The summed E-state index contributed by atoms with van der Waals surface area (Å²) in [5.74, 6) is 0. The number of unbranched alkanes of at least 4 members (excludes halogenated alkanes) is 18. The topological polar surface area (TPSA) is 0 Å². The molecule has 0 saturated carbocycles. The van der Waals surface area contributed by atoms with E-state index in [4.69, 9.17) is 0 Å². The zero-order chi connectivity index (χ0) is 29.1. The van der Waals surface area contributed by atoms with Crippen LogP contribution in [0.15, 0.2) is 24.3 Å². The fraction of sp³-hybridized carbons (Fsp3) is 0.684. The molecule has 0 saturated heterocycles. The van der Waals surface area contributed by atoms with Gasteiger partial charge in [0.05, 0.1) is 0 Å². The summed E-state index contributed by atoms with van der Waals surface area (Å²) in [7, 11) is 0. The lowest BCUT2D eigenvalue weighted by Crippen LogP contribution is -1.95. The molecule has 0 nitrogen and oxygen atoms in total. The summed E-state index contributed by atoms with van der Waals surface area (Å²) >= 11 is 6.09. The lowest BCUT2D eigenvalue weighted by molar-refractivity contribution is 0.553. The predicted octanol–water partition coefficient (Wildman–Crippen LogP) is 14.7. The van der Waals surface area contributed by atoms with Crippen LogP contribution in [0.2, 0.25) is 0 Å². The SMILES string of the molecule is CCCCCCCCCCCCc1c(-c2ccc(C)s2)sc(-c2ccc(C)s2)c1CCCCCCCCCCCC. The summed E-state index contributed by atoms with van der Waals surface area (Å²) in [6.45, 7) is 9.15. The van der Waals surface area contributed by atoms with Gasteiger partial charge in [-0.2, -0.15) is 0 Å². The molecule has 3 aromatic rings. The molecule has 230 valence electrons. The Labute approximate surface area is 266 Å². The van der Waals surface area contributed by atoms with Crippen LogP contribution in [0.1, 0.15) is 163 Å². The van der Waals surface area contributed by atoms with Crippen LogP contribution in [-0.4, -0.2) is 0 Å². The van der Waals surface area contributed by atoms with Gasteiger partial charge in [-0.1, -0.05) is 129 Å². The average molecular weight is 613 g/mol. The maximum absolute atomic E-state index is 2.39. The van der Waals surface area contributed by atoms with E-state index in [0.717, 1.165) is 0 Å². The Balaban J connectivity index is 1.61. The van der Waals surface area contributed by atoms with Gasteiger partial charge in [-0.05, 0) is 74.9 Å². The van der Waals surface area contributed by atoms with Crippen LogP contribution in [0, 0.1) is 13.8 Å². The Hall–Kier alpha value is -0.900. The molecule has 41 heavy (non-hydrogen) atoms. The van der Waals surface area contributed by atoms with Crippen LogP contribution in [-0.2, 0) is 12.8 Å². The number of rotatable bonds is 24. The number of hydrogen-bond acceptors (Lipinski definition) is 3. The van der Waals surface area contributed by atoms with E-state index in [1.165, 1.54) is 161 Å². The third-order valence-electron chi connectivity index (χ3n) is 8.61. The quantitative estimate of drug-likeness (QED) is 0.0883. The molecule has 3 heteroatoms. The molecule has 0 radical (unpaired) electrons. The highest BCUT2D eigenvalue weighted by molar-refractivity contribution is 7.26. The molecular weight excluding hydrogens is 553 g/mol. The lowest BCUT2D eigenvalue weighted by Gasteiger charge is -2.10. The van der Waals surface area contributed by atoms with Crippen molar-refractivity contribution in [3.8, 4) is 19.5 Å². The third kappa shape index (κ3) is 12.7. The zero-order valence-electron chi connectivity index (χ0n) is 27.1. The van der Waals surface area contributed by atoms with Crippen LogP contribution < -0.4 is 0 Å². The largest absolute Gasteiger partial charge is 0.140 e. The molecule has 0 unspecified atom stereocenters. The van der Waals surface area contributed by atoms with Crippen LogP contribution in [0.3, 0.4) is 0 Å². The van der Waals surface area contributed by atoms with Gasteiger partial charge in [0.15, 0.2) is 0 Å². The van der Waals surface area contributed by atoms with Crippen molar-refractivity contribution >= 4 is 34.0 Å². The van der Waals surface area contributed by atoms with Crippen LogP contribution in [0.25, 0.3) is 19.5 Å². The summed E-state index contributed by atoms with van der Waals surface area (Å²) in [6.07, 6.45) is 30.7. The number of thiophene rings is 3. The van der Waals surface area contributed by atoms with Crippen LogP contribution in [0.5, 0.6) is 0 Å². The summed E-state index contributed by atoms with van der Waals surface area (Å²) in [4.78, 5) is 9.03. The van der Waals surface area contributed by atoms with Crippen molar-refractivity contribution in [1.82, 2.24) is 0 Å². The van der Waals surface area contributed by atoms with Crippen LogP contribution in [0.4, 0.5) is 0 Å². The predicted molar refractivity (Wildman–Crippen MR) is 192 cm³/mol. The van der Waals surface area contributed by atoms with E-state index < -0.39 is 0 Å². The van der Waals surface area contributed by atoms with Gasteiger partial charge >= 0.3 is 0 Å². The van der Waals surface area contributed by atoms with E-state index >= 15 is 0 Å². The average Bonchev–Trinajstić information content (AvgIpc) is 3.69. The molecule has 0 aliphatic rings. The van der Waals surface area contributed by atoms with Gasteiger partial charge in [-0.3, -0.25) is 0 Å². The minimum absolute atomic E-state index is 1.26. The van der Waals surface area contributed by atoms with Gasteiger partial charge < -0.3 is 0 Å². The molecule has 3 rings (SSSR count). The van der Waals surface area contributed by atoms with E-state index in [2.05, 4.69) is 63.3 Å². The van der Waals surface area contributed by atoms with E-state index in [0.29, 0.717) is 0 Å². The zero-order valence-corrected chi connectivity index (χ0v) is 29.5. The first kappa shape index (κ1) is 34.6. The molecule has 0 aliphatic heterocycles. The molecular formula is C38H60S3. The second-order valence-electron chi connectivity index (χ2n) is 12.4. The highest BCUT2D eigenvalue weighted by atomic mass is 32.1. The van der Waals surface area contributed by atoms with Crippen molar-refractivity contribution in [3.63, 3.8) is 0 Å². The summed E-state index contributed by atoms with van der Waals surface area (Å²) in [5.41, 5.74) is 3.40. The van der Waals surface area contributed by atoms with Crippen molar-refractivity contribution in [1.29, 1.82) is 0 Å². The first-order valence-corrected chi connectivity index (χ1v) is 19.9. The minimum atomic E-state index is 1.26. The standard InChI is InChI=1S/C38H60S3/c1-5-7-9-11-13-15-17-19-21-23-25-33-34(26-24-22-20-18-16-14-12-10-8-6-2)38(36-30-28-32(4)40-36)41-37(33)35-29-27-31(3)39-35/h27-30H,5-26H2,1-4H3. The second kappa shape index (κ2) is 20.9. The molecule has 0 aliphatic carbocycles. The molecule has 0 amide bonds.